The number of carbonyl (C=O) groups excluding carboxylic acids is 1. The van der Waals surface area contributed by atoms with Crippen LogP contribution >= 0.6 is 0 Å². The molecule has 2 N–H and O–H groups in total. The Hall–Kier alpha value is -2.11. The zero-order valence-electron chi connectivity index (χ0n) is 16.2. The molecule has 1 aromatic carbocycles. The van der Waals surface area contributed by atoms with Gasteiger partial charge in [0.25, 0.3) is 0 Å². The molecule has 27 heavy (non-hydrogen) atoms. The van der Waals surface area contributed by atoms with Gasteiger partial charge >= 0.3 is 0 Å². The number of nitrogens with zero attached hydrogens (tertiary/aromatic N) is 2. The molecule has 1 aromatic rings. The van der Waals surface area contributed by atoms with Crippen molar-refractivity contribution in [3.63, 3.8) is 0 Å². The van der Waals surface area contributed by atoms with Gasteiger partial charge in [-0.25, -0.2) is 4.39 Å². The van der Waals surface area contributed by atoms with E-state index in [1.54, 1.807) is 12.1 Å². The van der Waals surface area contributed by atoms with Crippen LogP contribution in [-0.2, 0) is 11.2 Å². The highest BCUT2D eigenvalue weighted by molar-refractivity contribution is 5.80. The number of halogens is 1. The van der Waals surface area contributed by atoms with Gasteiger partial charge in [0.2, 0.25) is 5.91 Å². The molecule has 0 bridgehead atoms. The Morgan fingerprint density at radius 1 is 1.15 bits per heavy atom. The zero-order valence-corrected chi connectivity index (χ0v) is 16.2. The van der Waals surface area contributed by atoms with Gasteiger partial charge in [-0.05, 0) is 49.3 Å². The summed E-state index contributed by atoms with van der Waals surface area (Å²) in [5, 5.41) is 6.29. The van der Waals surface area contributed by atoms with Crippen LogP contribution in [0, 0.1) is 17.7 Å². The summed E-state index contributed by atoms with van der Waals surface area (Å²) in [7, 11) is 0. The molecule has 2 fully saturated rings. The van der Waals surface area contributed by atoms with Crippen LogP contribution in [0.5, 0.6) is 0 Å². The van der Waals surface area contributed by atoms with Gasteiger partial charge in [0.05, 0.1) is 13.0 Å². The van der Waals surface area contributed by atoms with Crippen LogP contribution in [0.15, 0.2) is 29.3 Å². The standard InChI is InChI=1S/C21H31FN4O/c1-2-23-21(26-14-17-5-3-4-6-18(17)15-26)25-12-11-24-20(27)13-16-7-9-19(22)10-8-16/h7-10,17-18H,2-6,11-15H2,1H3,(H,23,25)(H,24,27). The fraction of sp³-hybridized carbons (Fsp3) is 0.619. The first-order chi connectivity index (χ1) is 13.2. The number of fused-ring (bicyclic) bond motifs is 1. The van der Waals surface area contributed by atoms with Crippen molar-refractivity contribution in [1.29, 1.82) is 0 Å². The van der Waals surface area contributed by atoms with Gasteiger partial charge in [-0.2, -0.15) is 0 Å². The first-order valence-electron chi connectivity index (χ1n) is 10.2. The SMILES string of the molecule is CCNC(=NCCNC(=O)Cc1ccc(F)cc1)N1CC2CCCCC2C1. The van der Waals surface area contributed by atoms with Crippen LogP contribution in [0.1, 0.15) is 38.2 Å². The van der Waals surface area contributed by atoms with Crippen molar-refractivity contribution in [3.05, 3.63) is 35.6 Å². The second kappa shape index (κ2) is 9.72. The topological polar surface area (TPSA) is 56.7 Å². The van der Waals surface area contributed by atoms with E-state index in [1.165, 1.54) is 37.8 Å². The predicted molar refractivity (Wildman–Crippen MR) is 106 cm³/mol. The maximum Gasteiger partial charge on any atom is 0.224 e. The maximum absolute atomic E-state index is 12.9. The molecule has 2 aliphatic rings. The summed E-state index contributed by atoms with van der Waals surface area (Å²) in [5.74, 6) is 2.26. The number of guanidine groups is 1. The molecule has 6 heteroatoms. The summed E-state index contributed by atoms with van der Waals surface area (Å²) < 4.78 is 12.9. The number of carbonyl (C=O) groups is 1. The Bertz CT molecular complexity index is 632. The number of aliphatic imine (C=N–C) groups is 1. The van der Waals surface area contributed by atoms with Gasteiger partial charge in [-0.3, -0.25) is 9.79 Å². The predicted octanol–water partition coefficient (Wildman–Crippen LogP) is 2.57. The average molecular weight is 375 g/mol. The molecule has 1 aliphatic heterocycles. The van der Waals surface area contributed by atoms with Crippen LogP contribution in [0.25, 0.3) is 0 Å². The molecule has 5 nitrogen and oxygen atoms in total. The van der Waals surface area contributed by atoms with Crippen LogP contribution in [0.4, 0.5) is 4.39 Å². The van der Waals surface area contributed by atoms with E-state index in [-0.39, 0.29) is 18.1 Å². The van der Waals surface area contributed by atoms with Crippen molar-refractivity contribution < 1.29 is 9.18 Å². The van der Waals surface area contributed by atoms with Gasteiger partial charge in [-0.1, -0.05) is 25.0 Å². The smallest absolute Gasteiger partial charge is 0.224 e. The van der Waals surface area contributed by atoms with Crippen molar-refractivity contribution in [2.24, 2.45) is 16.8 Å². The van der Waals surface area contributed by atoms with Crippen molar-refractivity contribution >= 4 is 11.9 Å². The summed E-state index contributed by atoms with van der Waals surface area (Å²) in [6.07, 6.45) is 5.69. The second-order valence-electron chi connectivity index (χ2n) is 7.60. The molecule has 0 spiro atoms. The van der Waals surface area contributed by atoms with Crippen LogP contribution in [-0.4, -0.2) is 49.5 Å². The molecular weight excluding hydrogens is 343 g/mol. The number of rotatable bonds is 6. The average Bonchev–Trinajstić information content (AvgIpc) is 3.10. The molecule has 1 heterocycles. The normalized spacial score (nSPS) is 22.4. The number of amides is 1. The molecule has 1 amide bonds. The van der Waals surface area contributed by atoms with E-state index in [2.05, 4.69) is 22.5 Å². The molecular formula is C21H31FN4O. The highest BCUT2D eigenvalue weighted by atomic mass is 19.1. The molecule has 0 aromatic heterocycles. The lowest BCUT2D eigenvalue weighted by atomic mass is 9.82. The van der Waals surface area contributed by atoms with E-state index >= 15 is 0 Å². The lowest BCUT2D eigenvalue weighted by Gasteiger charge is -2.22. The fourth-order valence-electron chi connectivity index (χ4n) is 4.21. The second-order valence-corrected chi connectivity index (χ2v) is 7.60. The molecule has 0 radical (unpaired) electrons. The highest BCUT2D eigenvalue weighted by Gasteiger charge is 2.35. The van der Waals surface area contributed by atoms with E-state index in [4.69, 9.17) is 4.99 Å². The molecule has 1 saturated carbocycles. The van der Waals surface area contributed by atoms with Crippen LogP contribution in [0.3, 0.4) is 0 Å². The van der Waals surface area contributed by atoms with Gasteiger partial charge < -0.3 is 15.5 Å². The molecule has 148 valence electrons. The minimum absolute atomic E-state index is 0.0611. The van der Waals surface area contributed by atoms with E-state index in [0.29, 0.717) is 13.1 Å². The number of hydrogen-bond donors (Lipinski definition) is 2. The third-order valence-corrected chi connectivity index (χ3v) is 5.58. The van der Waals surface area contributed by atoms with Crippen molar-refractivity contribution in [3.8, 4) is 0 Å². The van der Waals surface area contributed by atoms with Crippen molar-refractivity contribution in [1.82, 2.24) is 15.5 Å². The van der Waals surface area contributed by atoms with Gasteiger partial charge in [0.1, 0.15) is 5.82 Å². The number of benzene rings is 1. The quantitative estimate of drug-likeness (QED) is 0.457. The van der Waals surface area contributed by atoms with E-state index < -0.39 is 0 Å². The molecule has 1 saturated heterocycles. The van der Waals surface area contributed by atoms with Crippen molar-refractivity contribution in [2.75, 3.05) is 32.7 Å². The summed E-state index contributed by atoms with van der Waals surface area (Å²) in [4.78, 5) is 19.1. The highest BCUT2D eigenvalue weighted by Crippen LogP contribution is 2.35. The molecule has 3 rings (SSSR count). The summed E-state index contributed by atoms with van der Waals surface area (Å²) in [6, 6.07) is 6.04. The largest absolute Gasteiger partial charge is 0.357 e. The van der Waals surface area contributed by atoms with Crippen LogP contribution in [0.2, 0.25) is 0 Å². The van der Waals surface area contributed by atoms with E-state index in [1.807, 2.05) is 0 Å². The Morgan fingerprint density at radius 2 is 1.81 bits per heavy atom. The third kappa shape index (κ3) is 5.68. The first kappa shape index (κ1) is 19.6. The minimum Gasteiger partial charge on any atom is -0.357 e. The fourth-order valence-corrected chi connectivity index (χ4v) is 4.21. The van der Waals surface area contributed by atoms with Gasteiger partial charge in [0, 0.05) is 26.2 Å². The van der Waals surface area contributed by atoms with Crippen LogP contribution < -0.4 is 10.6 Å². The monoisotopic (exact) mass is 374 g/mol. The summed E-state index contributed by atoms with van der Waals surface area (Å²) >= 11 is 0. The Balaban J connectivity index is 1.44. The first-order valence-corrected chi connectivity index (χ1v) is 10.2. The molecule has 1 aliphatic carbocycles. The van der Waals surface area contributed by atoms with Gasteiger partial charge in [-0.15, -0.1) is 0 Å². The number of nitrogens with one attached hydrogen (secondary N) is 2. The lowest BCUT2D eigenvalue weighted by Crippen LogP contribution is -2.41. The summed E-state index contributed by atoms with van der Waals surface area (Å²) in [5.41, 5.74) is 0.811. The van der Waals surface area contributed by atoms with Crippen molar-refractivity contribution in [2.45, 2.75) is 39.0 Å². The number of hydrogen-bond acceptors (Lipinski definition) is 2. The Labute approximate surface area is 161 Å². The minimum atomic E-state index is -0.286. The van der Waals surface area contributed by atoms with E-state index in [9.17, 15) is 9.18 Å². The van der Waals surface area contributed by atoms with E-state index in [0.717, 1.165) is 43.0 Å². The third-order valence-electron chi connectivity index (χ3n) is 5.58. The molecule has 2 atom stereocenters. The summed E-state index contributed by atoms with van der Waals surface area (Å²) in [6.45, 7) is 6.21. The number of likely N-dealkylation sites (tertiary alicyclic amines) is 1. The Morgan fingerprint density at radius 3 is 2.44 bits per heavy atom. The lowest BCUT2D eigenvalue weighted by molar-refractivity contribution is -0.120. The Kier molecular flexibility index (Phi) is 7.07. The maximum atomic E-state index is 12.9. The molecule has 2 unspecified atom stereocenters. The van der Waals surface area contributed by atoms with Gasteiger partial charge in [0.15, 0.2) is 5.96 Å². The zero-order chi connectivity index (χ0) is 19.1.